The van der Waals surface area contributed by atoms with Crippen LogP contribution in [-0.2, 0) is 0 Å². The van der Waals surface area contributed by atoms with E-state index in [1.54, 1.807) is 7.11 Å². The third-order valence-electron chi connectivity index (χ3n) is 3.44. The number of hydrogen-bond donors (Lipinski definition) is 0. The van der Waals surface area contributed by atoms with Crippen LogP contribution < -0.4 is 4.74 Å². The van der Waals surface area contributed by atoms with Gasteiger partial charge in [-0.3, -0.25) is 0 Å². The van der Waals surface area contributed by atoms with E-state index in [9.17, 15) is 0 Å². The van der Waals surface area contributed by atoms with E-state index in [0.29, 0.717) is 5.92 Å². The lowest BCUT2D eigenvalue weighted by Crippen LogP contribution is -2.01. The van der Waals surface area contributed by atoms with Gasteiger partial charge in [0, 0.05) is 23.0 Å². The molecule has 0 amide bonds. The fourth-order valence-corrected chi connectivity index (χ4v) is 2.82. The monoisotopic (exact) mass is 197 g/mol. The van der Waals surface area contributed by atoms with Gasteiger partial charge >= 0.3 is 0 Å². The quantitative estimate of drug-likeness (QED) is 0.693. The lowest BCUT2D eigenvalue weighted by Gasteiger charge is -2.16. The standard InChI is InChI=1S/C13H11NO/c1-15-12-4-2-3-10-8-5-9(7-14)11(6-8)13(10)12/h2-5,8,11H,6H2,1H3/t8-,11+/m1/s1. The van der Waals surface area contributed by atoms with Crippen LogP contribution in [0.25, 0.3) is 0 Å². The van der Waals surface area contributed by atoms with Crippen molar-refractivity contribution in [2.24, 2.45) is 0 Å². The molecule has 0 N–H and O–H groups in total. The van der Waals surface area contributed by atoms with Gasteiger partial charge in [0.1, 0.15) is 5.75 Å². The van der Waals surface area contributed by atoms with Crippen LogP contribution in [-0.4, -0.2) is 7.11 Å². The second-order valence-electron chi connectivity index (χ2n) is 4.09. The van der Waals surface area contributed by atoms with Crippen LogP contribution >= 0.6 is 0 Å². The fourth-order valence-electron chi connectivity index (χ4n) is 2.82. The smallest absolute Gasteiger partial charge is 0.122 e. The number of fused-ring (bicyclic) bond motifs is 5. The van der Waals surface area contributed by atoms with Crippen LogP contribution in [0.2, 0.25) is 0 Å². The highest BCUT2D eigenvalue weighted by Crippen LogP contribution is 2.54. The van der Waals surface area contributed by atoms with Gasteiger partial charge in [0.25, 0.3) is 0 Å². The molecule has 0 saturated heterocycles. The van der Waals surface area contributed by atoms with E-state index in [4.69, 9.17) is 10.00 Å². The van der Waals surface area contributed by atoms with Gasteiger partial charge in [-0.1, -0.05) is 18.2 Å². The molecule has 15 heavy (non-hydrogen) atoms. The second-order valence-corrected chi connectivity index (χ2v) is 4.09. The lowest BCUT2D eigenvalue weighted by molar-refractivity contribution is 0.408. The van der Waals surface area contributed by atoms with Crippen molar-refractivity contribution in [2.45, 2.75) is 18.3 Å². The highest BCUT2D eigenvalue weighted by Gasteiger charge is 2.39. The molecule has 1 aromatic rings. The van der Waals surface area contributed by atoms with Gasteiger partial charge in [-0.15, -0.1) is 0 Å². The van der Waals surface area contributed by atoms with E-state index in [1.807, 2.05) is 12.1 Å². The molecule has 74 valence electrons. The minimum Gasteiger partial charge on any atom is -0.496 e. The summed E-state index contributed by atoms with van der Waals surface area (Å²) in [7, 11) is 1.69. The van der Waals surface area contributed by atoms with Crippen molar-refractivity contribution in [1.29, 1.82) is 5.26 Å². The Bertz CT molecular complexity index is 496. The van der Waals surface area contributed by atoms with Gasteiger partial charge in [-0.25, -0.2) is 0 Å². The van der Waals surface area contributed by atoms with Gasteiger partial charge in [0.05, 0.1) is 13.2 Å². The highest BCUT2D eigenvalue weighted by molar-refractivity contribution is 5.59. The highest BCUT2D eigenvalue weighted by atomic mass is 16.5. The van der Waals surface area contributed by atoms with Crippen molar-refractivity contribution in [3.05, 3.63) is 41.0 Å². The molecule has 1 aromatic carbocycles. The molecule has 2 atom stereocenters. The predicted molar refractivity (Wildman–Crippen MR) is 56.8 cm³/mol. The lowest BCUT2D eigenvalue weighted by atomic mass is 9.91. The zero-order valence-corrected chi connectivity index (χ0v) is 8.53. The van der Waals surface area contributed by atoms with Gasteiger partial charge in [-0.05, 0) is 18.1 Å². The summed E-state index contributed by atoms with van der Waals surface area (Å²) < 4.78 is 5.37. The van der Waals surface area contributed by atoms with Gasteiger partial charge < -0.3 is 4.74 Å². The number of nitrogens with zero attached hydrogens (tertiary/aromatic N) is 1. The largest absolute Gasteiger partial charge is 0.496 e. The second kappa shape index (κ2) is 2.87. The van der Waals surface area contributed by atoms with Crippen LogP contribution in [0.4, 0.5) is 0 Å². The molecule has 0 saturated carbocycles. The summed E-state index contributed by atoms with van der Waals surface area (Å²) >= 11 is 0. The minimum absolute atomic E-state index is 0.283. The molecule has 3 rings (SSSR count). The summed E-state index contributed by atoms with van der Waals surface area (Å²) in [6.45, 7) is 0. The Morgan fingerprint density at radius 1 is 1.47 bits per heavy atom. The zero-order valence-electron chi connectivity index (χ0n) is 8.53. The Hall–Kier alpha value is -1.75. The maximum absolute atomic E-state index is 9.02. The number of benzene rings is 1. The number of methoxy groups -OCH3 is 1. The number of ether oxygens (including phenoxy) is 1. The molecular weight excluding hydrogens is 186 g/mol. The van der Waals surface area contributed by atoms with E-state index >= 15 is 0 Å². The SMILES string of the molecule is COc1cccc2c1[C@H]1C[C@H]2C=C1C#N. The van der Waals surface area contributed by atoms with Crippen molar-refractivity contribution >= 4 is 0 Å². The molecule has 0 unspecified atom stereocenters. The molecule has 0 aromatic heterocycles. The van der Waals surface area contributed by atoms with E-state index in [0.717, 1.165) is 17.7 Å². The Morgan fingerprint density at radius 3 is 3.07 bits per heavy atom. The molecule has 2 aliphatic rings. The molecule has 2 aliphatic carbocycles. The minimum atomic E-state index is 0.283. The number of rotatable bonds is 1. The molecule has 0 fully saturated rings. The van der Waals surface area contributed by atoms with E-state index in [2.05, 4.69) is 18.2 Å². The Balaban J connectivity index is 2.19. The topological polar surface area (TPSA) is 33.0 Å². The van der Waals surface area contributed by atoms with Crippen LogP contribution in [0.5, 0.6) is 5.75 Å². The molecular formula is C13H11NO. The van der Waals surface area contributed by atoms with Crippen molar-refractivity contribution in [1.82, 2.24) is 0 Å². The van der Waals surface area contributed by atoms with E-state index in [1.165, 1.54) is 11.1 Å². The molecule has 0 aliphatic heterocycles. The third kappa shape index (κ3) is 0.979. The van der Waals surface area contributed by atoms with Crippen LogP contribution in [0.1, 0.15) is 29.4 Å². The maximum Gasteiger partial charge on any atom is 0.122 e. The fraction of sp³-hybridized carbons (Fsp3) is 0.308. The number of allylic oxidation sites excluding steroid dienone is 2. The van der Waals surface area contributed by atoms with Crippen molar-refractivity contribution in [2.75, 3.05) is 7.11 Å². The van der Waals surface area contributed by atoms with Crippen molar-refractivity contribution in [3.8, 4) is 11.8 Å². The maximum atomic E-state index is 9.02. The summed E-state index contributed by atoms with van der Waals surface area (Å²) in [4.78, 5) is 0. The first-order valence-corrected chi connectivity index (χ1v) is 5.13. The van der Waals surface area contributed by atoms with E-state index in [-0.39, 0.29) is 5.92 Å². The Kier molecular flexibility index (Phi) is 1.63. The summed E-state index contributed by atoms with van der Waals surface area (Å²) in [6.07, 6.45) is 3.16. The summed E-state index contributed by atoms with van der Waals surface area (Å²) in [5.41, 5.74) is 3.50. The predicted octanol–water partition coefficient (Wildman–Crippen LogP) is 2.73. The molecule has 2 nitrogen and oxygen atoms in total. The van der Waals surface area contributed by atoms with Crippen molar-refractivity contribution in [3.63, 3.8) is 0 Å². The molecule has 2 bridgehead atoms. The third-order valence-corrected chi connectivity index (χ3v) is 3.44. The molecule has 0 radical (unpaired) electrons. The molecule has 0 spiro atoms. The molecule has 0 heterocycles. The van der Waals surface area contributed by atoms with Crippen LogP contribution in [0.3, 0.4) is 0 Å². The van der Waals surface area contributed by atoms with Gasteiger partial charge in [0.15, 0.2) is 0 Å². The Labute approximate surface area is 88.8 Å². The Morgan fingerprint density at radius 2 is 2.33 bits per heavy atom. The van der Waals surface area contributed by atoms with E-state index < -0.39 is 0 Å². The zero-order chi connectivity index (χ0) is 10.4. The molecule has 2 heteroatoms. The summed E-state index contributed by atoms with van der Waals surface area (Å²) in [6, 6.07) is 8.45. The first kappa shape index (κ1) is 8.55. The average molecular weight is 197 g/mol. The first-order valence-electron chi connectivity index (χ1n) is 5.13. The first-order chi connectivity index (χ1) is 7.35. The summed E-state index contributed by atoms with van der Waals surface area (Å²) in [5, 5.41) is 9.02. The summed E-state index contributed by atoms with van der Waals surface area (Å²) in [5.74, 6) is 1.65. The van der Waals surface area contributed by atoms with Crippen LogP contribution in [0.15, 0.2) is 29.8 Å². The number of hydrogen-bond acceptors (Lipinski definition) is 2. The van der Waals surface area contributed by atoms with Gasteiger partial charge in [-0.2, -0.15) is 5.26 Å². The van der Waals surface area contributed by atoms with Crippen LogP contribution in [0, 0.1) is 11.3 Å². The van der Waals surface area contributed by atoms with Crippen molar-refractivity contribution < 1.29 is 4.74 Å². The number of nitriles is 1. The normalized spacial score (nSPS) is 25.7. The average Bonchev–Trinajstić information content (AvgIpc) is 2.86. The van der Waals surface area contributed by atoms with Gasteiger partial charge in [0.2, 0.25) is 0 Å².